The van der Waals surface area contributed by atoms with Crippen LogP contribution in [0.15, 0.2) is 24.3 Å². The molecule has 1 fully saturated rings. The fourth-order valence-corrected chi connectivity index (χ4v) is 2.11. The van der Waals surface area contributed by atoms with Crippen LogP contribution in [0, 0.1) is 11.7 Å². The molecule has 1 saturated carbocycles. The van der Waals surface area contributed by atoms with E-state index in [0.29, 0.717) is 10.7 Å². The number of nitrogens with zero attached hydrogens (tertiary/aromatic N) is 2. The van der Waals surface area contributed by atoms with E-state index in [-0.39, 0.29) is 0 Å². The summed E-state index contributed by atoms with van der Waals surface area (Å²) in [5.74, 6) is 1.67. The zero-order valence-electron chi connectivity index (χ0n) is 9.10. The van der Waals surface area contributed by atoms with Crippen LogP contribution in [-0.4, -0.2) is 14.8 Å². The molecule has 4 heteroatoms. The molecule has 3 nitrogen and oxygen atoms in total. The van der Waals surface area contributed by atoms with Crippen molar-refractivity contribution in [3.8, 4) is 5.69 Å². The first-order valence-corrected chi connectivity index (χ1v) is 5.91. The summed E-state index contributed by atoms with van der Waals surface area (Å²) in [6.45, 7) is 2.08. The highest BCUT2D eigenvalue weighted by Gasteiger charge is 2.29. The molecule has 0 atom stereocenters. The first kappa shape index (κ1) is 9.78. The molecule has 0 spiro atoms. The van der Waals surface area contributed by atoms with Crippen molar-refractivity contribution in [3.05, 3.63) is 40.4 Å². The lowest BCUT2D eigenvalue weighted by Gasteiger charge is -2.05. The largest absolute Gasteiger partial charge is 0.272 e. The summed E-state index contributed by atoms with van der Waals surface area (Å²) >= 11 is 5.28. The lowest BCUT2D eigenvalue weighted by molar-refractivity contribution is 0.868. The molecule has 0 amide bonds. The lowest BCUT2D eigenvalue weighted by Crippen LogP contribution is -1.99. The minimum absolute atomic E-state index is 0.592. The lowest BCUT2D eigenvalue weighted by atomic mass is 10.2. The summed E-state index contributed by atoms with van der Waals surface area (Å²) in [6.07, 6.45) is 2.46. The minimum Gasteiger partial charge on any atom is -0.272 e. The average molecular weight is 231 g/mol. The number of benzene rings is 1. The third-order valence-electron chi connectivity index (χ3n) is 2.93. The first-order valence-electron chi connectivity index (χ1n) is 5.50. The Hall–Kier alpha value is -1.42. The fraction of sp³-hybridized carbons (Fsp3) is 0.333. The maximum absolute atomic E-state index is 5.28. The Bertz CT molecular complexity index is 561. The summed E-state index contributed by atoms with van der Waals surface area (Å²) in [5, 5.41) is 7.21. The Balaban J connectivity index is 2.14. The van der Waals surface area contributed by atoms with Crippen molar-refractivity contribution >= 4 is 12.2 Å². The van der Waals surface area contributed by atoms with Gasteiger partial charge in [-0.15, -0.1) is 0 Å². The van der Waals surface area contributed by atoms with E-state index in [4.69, 9.17) is 12.2 Å². The van der Waals surface area contributed by atoms with E-state index in [1.165, 1.54) is 18.4 Å². The SMILES string of the molecule is Cc1ccc(-n2c(C3CC3)n[nH]c2=S)cc1. The summed E-state index contributed by atoms with van der Waals surface area (Å²) < 4.78 is 2.73. The Morgan fingerprint density at radius 3 is 2.62 bits per heavy atom. The smallest absolute Gasteiger partial charge is 0.199 e. The molecule has 3 rings (SSSR count). The maximum atomic E-state index is 5.28. The van der Waals surface area contributed by atoms with Crippen molar-refractivity contribution in [2.75, 3.05) is 0 Å². The second-order valence-electron chi connectivity index (χ2n) is 4.33. The van der Waals surface area contributed by atoms with E-state index >= 15 is 0 Å². The summed E-state index contributed by atoms with van der Waals surface area (Å²) in [4.78, 5) is 0. The van der Waals surface area contributed by atoms with Crippen molar-refractivity contribution in [2.24, 2.45) is 0 Å². The van der Waals surface area contributed by atoms with Gasteiger partial charge in [-0.1, -0.05) is 17.7 Å². The summed E-state index contributed by atoms with van der Waals surface area (Å²) in [6, 6.07) is 8.38. The Kier molecular flexibility index (Phi) is 2.17. The number of aryl methyl sites for hydroxylation is 1. The van der Waals surface area contributed by atoms with Gasteiger partial charge in [0.1, 0.15) is 5.82 Å². The third kappa shape index (κ3) is 1.59. The molecule has 1 heterocycles. The van der Waals surface area contributed by atoms with Crippen molar-refractivity contribution < 1.29 is 0 Å². The number of hydrogen-bond acceptors (Lipinski definition) is 2. The first-order chi connectivity index (χ1) is 7.75. The van der Waals surface area contributed by atoms with Crippen molar-refractivity contribution in [1.29, 1.82) is 0 Å². The van der Waals surface area contributed by atoms with E-state index in [1.807, 2.05) is 4.57 Å². The van der Waals surface area contributed by atoms with Crippen LogP contribution in [-0.2, 0) is 0 Å². The number of hydrogen-bond donors (Lipinski definition) is 1. The minimum atomic E-state index is 0.592. The van der Waals surface area contributed by atoms with Crippen LogP contribution >= 0.6 is 12.2 Å². The van der Waals surface area contributed by atoms with Gasteiger partial charge in [0.15, 0.2) is 4.77 Å². The number of rotatable bonds is 2. The third-order valence-corrected chi connectivity index (χ3v) is 3.21. The van der Waals surface area contributed by atoms with Crippen molar-refractivity contribution in [2.45, 2.75) is 25.7 Å². The van der Waals surface area contributed by atoms with E-state index in [1.54, 1.807) is 0 Å². The van der Waals surface area contributed by atoms with E-state index < -0.39 is 0 Å². The van der Waals surface area contributed by atoms with Gasteiger partial charge < -0.3 is 0 Å². The molecule has 0 aliphatic heterocycles. The van der Waals surface area contributed by atoms with Crippen LogP contribution in [0.1, 0.15) is 30.1 Å². The predicted octanol–water partition coefficient (Wildman–Crippen LogP) is 3.12. The molecule has 1 aliphatic carbocycles. The molecule has 16 heavy (non-hydrogen) atoms. The zero-order valence-corrected chi connectivity index (χ0v) is 9.92. The molecule has 1 N–H and O–H groups in total. The topological polar surface area (TPSA) is 33.6 Å². The highest BCUT2D eigenvalue weighted by molar-refractivity contribution is 7.71. The number of aromatic amines is 1. The Labute approximate surface area is 99.1 Å². The van der Waals surface area contributed by atoms with Gasteiger partial charge in [0.25, 0.3) is 0 Å². The maximum Gasteiger partial charge on any atom is 0.199 e. The Morgan fingerprint density at radius 2 is 2.00 bits per heavy atom. The van der Waals surface area contributed by atoms with Crippen molar-refractivity contribution in [3.63, 3.8) is 0 Å². The van der Waals surface area contributed by atoms with E-state index in [9.17, 15) is 0 Å². The van der Waals surface area contributed by atoms with E-state index in [0.717, 1.165) is 11.5 Å². The second-order valence-corrected chi connectivity index (χ2v) is 4.72. The number of aromatic nitrogens is 3. The molecule has 0 bridgehead atoms. The molecule has 0 unspecified atom stereocenters. The van der Waals surface area contributed by atoms with E-state index in [2.05, 4.69) is 41.4 Å². The molecule has 0 radical (unpaired) electrons. The van der Waals surface area contributed by atoms with Gasteiger partial charge in [-0.05, 0) is 44.1 Å². The Morgan fingerprint density at radius 1 is 1.31 bits per heavy atom. The van der Waals surface area contributed by atoms with Crippen LogP contribution < -0.4 is 0 Å². The normalized spacial score (nSPS) is 15.3. The van der Waals surface area contributed by atoms with Gasteiger partial charge in [-0.2, -0.15) is 5.10 Å². The number of nitrogens with one attached hydrogen (secondary N) is 1. The molecule has 1 aromatic heterocycles. The standard InChI is InChI=1S/C12H13N3S/c1-8-2-6-10(7-3-8)15-11(9-4-5-9)13-14-12(15)16/h2-3,6-7,9H,4-5H2,1H3,(H,14,16). The highest BCUT2D eigenvalue weighted by atomic mass is 32.1. The zero-order chi connectivity index (χ0) is 11.1. The van der Waals surface area contributed by atoms with Crippen LogP contribution in [0.4, 0.5) is 0 Å². The highest BCUT2D eigenvalue weighted by Crippen LogP contribution is 2.39. The second kappa shape index (κ2) is 3.56. The van der Waals surface area contributed by atoms with Gasteiger partial charge in [-0.3, -0.25) is 9.67 Å². The summed E-state index contributed by atoms with van der Waals surface area (Å²) in [5.41, 5.74) is 2.36. The monoisotopic (exact) mass is 231 g/mol. The van der Waals surface area contributed by atoms with Crippen LogP contribution in [0.3, 0.4) is 0 Å². The predicted molar refractivity (Wildman–Crippen MR) is 65.5 cm³/mol. The quantitative estimate of drug-likeness (QED) is 0.806. The fourth-order valence-electron chi connectivity index (χ4n) is 1.87. The van der Waals surface area contributed by atoms with Gasteiger partial charge in [0.2, 0.25) is 0 Å². The van der Waals surface area contributed by atoms with Gasteiger partial charge in [0, 0.05) is 11.6 Å². The number of H-pyrrole nitrogens is 1. The molecule has 2 aromatic rings. The molecule has 1 aromatic carbocycles. The van der Waals surface area contributed by atoms with Gasteiger partial charge in [-0.25, -0.2) is 0 Å². The van der Waals surface area contributed by atoms with Gasteiger partial charge in [0.05, 0.1) is 0 Å². The molecular weight excluding hydrogens is 218 g/mol. The average Bonchev–Trinajstić information content (AvgIpc) is 3.05. The molecular formula is C12H13N3S. The van der Waals surface area contributed by atoms with Crippen LogP contribution in [0.5, 0.6) is 0 Å². The summed E-state index contributed by atoms with van der Waals surface area (Å²) in [7, 11) is 0. The molecule has 82 valence electrons. The van der Waals surface area contributed by atoms with Gasteiger partial charge >= 0.3 is 0 Å². The van der Waals surface area contributed by atoms with Crippen LogP contribution in [0.2, 0.25) is 0 Å². The molecule has 1 aliphatic rings. The van der Waals surface area contributed by atoms with Crippen molar-refractivity contribution in [1.82, 2.24) is 14.8 Å². The molecule has 0 saturated heterocycles. The van der Waals surface area contributed by atoms with Crippen LogP contribution in [0.25, 0.3) is 5.69 Å².